The molecule has 0 aliphatic rings. The van der Waals surface area contributed by atoms with Crippen molar-refractivity contribution in [3.63, 3.8) is 0 Å². The van der Waals surface area contributed by atoms with Crippen molar-refractivity contribution in [1.82, 2.24) is 14.9 Å². The standard InChI is InChI=1S/C25H32FN3O2.ClH/c1-17-9-10-22(21(13-17)25(2,3)4)31-16-20(30)15-28-23(24-27-11-12-29(24)5)18-7-6-8-19(26)14-18;/h6-14,20,23,28,30H,15-16H2,1-5H3;1H. The number of aromatic nitrogens is 2. The fourth-order valence-electron chi connectivity index (χ4n) is 3.55. The molecule has 174 valence electrons. The summed E-state index contributed by atoms with van der Waals surface area (Å²) in [5.74, 6) is 1.21. The zero-order valence-electron chi connectivity index (χ0n) is 19.3. The smallest absolute Gasteiger partial charge is 0.130 e. The fraction of sp³-hybridized carbons (Fsp3) is 0.400. The minimum absolute atomic E-state index is 0. The molecule has 3 aromatic rings. The average Bonchev–Trinajstić information content (AvgIpc) is 3.12. The maximum absolute atomic E-state index is 13.8. The topological polar surface area (TPSA) is 59.3 Å². The highest BCUT2D eigenvalue weighted by molar-refractivity contribution is 5.85. The molecule has 2 aromatic carbocycles. The Kier molecular flexibility index (Phi) is 8.84. The van der Waals surface area contributed by atoms with Crippen molar-refractivity contribution in [3.05, 3.63) is 83.2 Å². The fourth-order valence-corrected chi connectivity index (χ4v) is 3.55. The summed E-state index contributed by atoms with van der Waals surface area (Å²) in [7, 11) is 1.89. The number of aliphatic hydroxyl groups excluding tert-OH is 1. The molecule has 1 heterocycles. The van der Waals surface area contributed by atoms with E-state index in [1.807, 2.05) is 36.0 Å². The van der Waals surface area contributed by atoms with Gasteiger partial charge in [0.1, 0.15) is 30.1 Å². The molecule has 3 rings (SSSR count). The Hall–Kier alpha value is -2.41. The number of rotatable bonds is 8. The number of hydrogen-bond donors (Lipinski definition) is 2. The van der Waals surface area contributed by atoms with Crippen LogP contribution < -0.4 is 10.1 Å². The van der Waals surface area contributed by atoms with Crippen LogP contribution in [0.1, 0.15) is 49.3 Å². The molecule has 2 atom stereocenters. The van der Waals surface area contributed by atoms with E-state index in [4.69, 9.17) is 4.74 Å². The number of ether oxygens (including phenoxy) is 1. The first-order chi connectivity index (χ1) is 14.6. The Morgan fingerprint density at radius 3 is 2.56 bits per heavy atom. The minimum atomic E-state index is -0.745. The van der Waals surface area contributed by atoms with Crippen LogP contribution in [0.2, 0.25) is 0 Å². The molecule has 0 aliphatic heterocycles. The summed E-state index contributed by atoms with van der Waals surface area (Å²) < 4.78 is 21.7. The van der Waals surface area contributed by atoms with Crippen molar-refractivity contribution in [2.45, 2.75) is 45.3 Å². The second-order valence-corrected chi connectivity index (χ2v) is 9.01. The van der Waals surface area contributed by atoms with Gasteiger partial charge >= 0.3 is 0 Å². The molecule has 32 heavy (non-hydrogen) atoms. The van der Waals surface area contributed by atoms with Gasteiger partial charge in [0.05, 0.1) is 6.04 Å². The highest BCUT2D eigenvalue weighted by Crippen LogP contribution is 2.32. The molecular weight excluding hydrogens is 429 g/mol. The first-order valence-electron chi connectivity index (χ1n) is 10.5. The van der Waals surface area contributed by atoms with Gasteiger partial charge in [-0.1, -0.05) is 50.6 Å². The summed E-state index contributed by atoms with van der Waals surface area (Å²) in [6, 6.07) is 12.2. The molecule has 7 heteroatoms. The SMILES string of the molecule is Cc1ccc(OCC(O)CNC(c2cccc(F)c2)c2nccn2C)c(C(C)(C)C)c1.Cl. The van der Waals surface area contributed by atoms with E-state index in [1.165, 1.54) is 17.7 Å². The third-order valence-corrected chi connectivity index (χ3v) is 5.23. The predicted molar refractivity (Wildman–Crippen MR) is 128 cm³/mol. The maximum Gasteiger partial charge on any atom is 0.130 e. The van der Waals surface area contributed by atoms with E-state index in [1.54, 1.807) is 12.3 Å². The van der Waals surface area contributed by atoms with E-state index >= 15 is 0 Å². The second kappa shape index (κ2) is 10.9. The Morgan fingerprint density at radius 1 is 1.19 bits per heavy atom. The van der Waals surface area contributed by atoms with Crippen LogP contribution in [-0.4, -0.2) is 33.9 Å². The van der Waals surface area contributed by atoms with E-state index in [9.17, 15) is 9.50 Å². The molecule has 0 saturated heterocycles. The lowest BCUT2D eigenvalue weighted by atomic mass is 9.85. The van der Waals surface area contributed by atoms with Gasteiger partial charge in [0.15, 0.2) is 0 Å². The van der Waals surface area contributed by atoms with Gasteiger partial charge in [0, 0.05) is 26.0 Å². The lowest BCUT2D eigenvalue weighted by molar-refractivity contribution is 0.103. The molecule has 5 nitrogen and oxygen atoms in total. The zero-order chi connectivity index (χ0) is 22.6. The van der Waals surface area contributed by atoms with E-state index < -0.39 is 6.10 Å². The van der Waals surface area contributed by atoms with Gasteiger partial charge < -0.3 is 19.7 Å². The van der Waals surface area contributed by atoms with E-state index in [0.717, 1.165) is 22.7 Å². The van der Waals surface area contributed by atoms with Crippen molar-refractivity contribution >= 4 is 12.4 Å². The quantitative estimate of drug-likeness (QED) is 0.510. The van der Waals surface area contributed by atoms with Gasteiger partial charge in [0.25, 0.3) is 0 Å². The third kappa shape index (κ3) is 6.55. The third-order valence-electron chi connectivity index (χ3n) is 5.23. The highest BCUT2D eigenvalue weighted by Gasteiger charge is 2.22. The first kappa shape index (κ1) is 25.8. The summed E-state index contributed by atoms with van der Waals surface area (Å²) in [5, 5.41) is 13.9. The first-order valence-corrected chi connectivity index (χ1v) is 10.5. The number of aryl methyl sites for hydroxylation is 2. The molecule has 2 N–H and O–H groups in total. The van der Waals surface area contributed by atoms with E-state index in [-0.39, 0.29) is 42.8 Å². The van der Waals surface area contributed by atoms with Crippen molar-refractivity contribution in [3.8, 4) is 5.75 Å². The monoisotopic (exact) mass is 461 g/mol. The van der Waals surface area contributed by atoms with Gasteiger partial charge in [-0.2, -0.15) is 0 Å². The molecule has 0 amide bonds. The number of benzene rings is 2. The van der Waals surface area contributed by atoms with Gasteiger partial charge in [-0.25, -0.2) is 9.37 Å². The molecule has 0 spiro atoms. The number of imidazole rings is 1. The van der Waals surface area contributed by atoms with Crippen LogP contribution in [0.5, 0.6) is 5.75 Å². The molecule has 0 radical (unpaired) electrons. The molecule has 0 bridgehead atoms. The van der Waals surface area contributed by atoms with Gasteiger partial charge in [-0.15, -0.1) is 12.4 Å². The Labute approximate surface area is 196 Å². The Bertz CT molecular complexity index is 1020. The molecule has 1 aromatic heterocycles. The minimum Gasteiger partial charge on any atom is -0.491 e. The van der Waals surface area contributed by atoms with E-state index in [0.29, 0.717) is 0 Å². The molecule has 2 unspecified atom stereocenters. The predicted octanol–water partition coefficient (Wildman–Crippen LogP) is 4.71. The van der Waals surface area contributed by atoms with Crippen LogP contribution in [0.3, 0.4) is 0 Å². The molecular formula is C25H33ClFN3O2. The van der Waals surface area contributed by atoms with Gasteiger partial charge in [0.2, 0.25) is 0 Å². The van der Waals surface area contributed by atoms with Crippen molar-refractivity contribution < 1.29 is 14.2 Å². The van der Waals surface area contributed by atoms with Gasteiger partial charge in [-0.05, 0) is 41.7 Å². The largest absolute Gasteiger partial charge is 0.491 e. The lowest BCUT2D eigenvalue weighted by Crippen LogP contribution is -2.35. The van der Waals surface area contributed by atoms with Crippen LogP contribution in [0.25, 0.3) is 0 Å². The van der Waals surface area contributed by atoms with Crippen molar-refractivity contribution in [1.29, 1.82) is 0 Å². The normalized spacial score (nSPS) is 13.3. The van der Waals surface area contributed by atoms with Crippen LogP contribution in [0, 0.1) is 12.7 Å². The van der Waals surface area contributed by atoms with Crippen molar-refractivity contribution in [2.24, 2.45) is 7.05 Å². The number of halogens is 2. The zero-order valence-corrected chi connectivity index (χ0v) is 20.1. The van der Waals surface area contributed by atoms with Crippen LogP contribution in [0.15, 0.2) is 54.9 Å². The van der Waals surface area contributed by atoms with Crippen LogP contribution in [0.4, 0.5) is 4.39 Å². The highest BCUT2D eigenvalue weighted by atomic mass is 35.5. The average molecular weight is 462 g/mol. The summed E-state index contributed by atoms with van der Waals surface area (Å²) >= 11 is 0. The number of nitrogens with zero attached hydrogens (tertiary/aromatic N) is 2. The second-order valence-electron chi connectivity index (χ2n) is 9.01. The number of nitrogens with one attached hydrogen (secondary N) is 1. The Balaban J connectivity index is 0.00000363. The Morgan fingerprint density at radius 2 is 1.94 bits per heavy atom. The molecule has 0 fully saturated rings. The van der Waals surface area contributed by atoms with Crippen LogP contribution in [-0.2, 0) is 12.5 Å². The summed E-state index contributed by atoms with van der Waals surface area (Å²) in [5.41, 5.74) is 2.97. The van der Waals surface area contributed by atoms with E-state index in [2.05, 4.69) is 44.1 Å². The summed E-state index contributed by atoms with van der Waals surface area (Å²) in [6.45, 7) is 8.90. The van der Waals surface area contributed by atoms with Crippen LogP contribution >= 0.6 is 12.4 Å². The molecule has 0 aliphatic carbocycles. The lowest BCUT2D eigenvalue weighted by Gasteiger charge is -2.25. The molecule has 0 saturated carbocycles. The van der Waals surface area contributed by atoms with Crippen molar-refractivity contribution in [2.75, 3.05) is 13.2 Å². The summed E-state index contributed by atoms with van der Waals surface area (Å²) in [4.78, 5) is 4.41. The number of aliphatic hydroxyl groups is 1. The summed E-state index contributed by atoms with van der Waals surface area (Å²) in [6.07, 6.45) is 2.80. The maximum atomic E-state index is 13.8. The number of hydrogen-bond acceptors (Lipinski definition) is 4. The van der Waals surface area contributed by atoms with Gasteiger partial charge in [-0.3, -0.25) is 0 Å².